The van der Waals surface area contributed by atoms with Crippen LogP contribution in [0.5, 0.6) is 0 Å². The summed E-state index contributed by atoms with van der Waals surface area (Å²) in [6.45, 7) is 3.07. The Balaban J connectivity index is 2.20. The van der Waals surface area contributed by atoms with Gasteiger partial charge in [-0.2, -0.15) is 0 Å². The van der Waals surface area contributed by atoms with Crippen LogP contribution in [-0.4, -0.2) is 21.3 Å². The van der Waals surface area contributed by atoms with Gasteiger partial charge in [0.2, 0.25) is 5.12 Å². The lowest BCUT2D eigenvalue weighted by Crippen LogP contribution is -2.69. The van der Waals surface area contributed by atoms with Crippen molar-refractivity contribution in [2.24, 2.45) is 5.41 Å². The summed E-state index contributed by atoms with van der Waals surface area (Å²) in [6, 6.07) is 0. The quantitative estimate of drug-likeness (QED) is 0.354. The van der Waals surface area contributed by atoms with Crippen molar-refractivity contribution in [3.63, 3.8) is 0 Å². The van der Waals surface area contributed by atoms with E-state index in [1.165, 1.54) is 13.8 Å². The first kappa shape index (κ1) is 9.15. The van der Waals surface area contributed by atoms with Crippen LogP contribution in [0.25, 0.3) is 0 Å². The third-order valence-corrected chi connectivity index (χ3v) is 3.92. The van der Waals surface area contributed by atoms with Crippen molar-refractivity contribution in [1.82, 2.24) is 0 Å². The average molecular weight is 212 g/mol. The van der Waals surface area contributed by atoms with Crippen LogP contribution in [0, 0.1) is 5.41 Å². The summed E-state index contributed by atoms with van der Waals surface area (Å²) in [7, 11) is -1.19. The summed E-state index contributed by atoms with van der Waals surface area (Å²) in [5.41, 5.74) is -1.14. The van der Waals surface area contributed by atoms with E-state index in [9.17, 15) is 10.2 Å². The second-order valence-corrected chi connectivity index (χ2v) is 4.93. The molecule has 2 bridgehead atoms. The SMILES string of the molecule is CC(C)(C(O)(O)S)C12OP(O1)O2. The van der Waals surface area contributed by atoms with Gasteiger partial charge in [0, 0.05) is 0 Å². The van der Waals surface area contributed by atoms with E-state index in [4.69, 9.17) is 13.6 Å². The van der Waals surface area contributed by atoms with Crippen LogP contribution >= 0.6 is 21.2 Å². The highest BCUT2D eigenvalue weighted by molar-refractivity contribution is 7.81. The van der Waals surface area contributed by atoms with Gasteiger partial charge in [0.15, 0.2) is 0 Å². The van der Waals surface area contributed by atoms with Gasteiger partial charge >= 0.3 is 14.6 Å². The Bertz CT molecular complexity index is 207. The van der Waals surface area contributed by atoms with E-state index >= 15 is 0 Å². The standard InChI is InChI=1S/C5H9O5PS/c1-3(2,4(6,7)12)5-8-11(9-5)10-5/h6-7,12H,1-2H3. The first-order valence-electron chi connectivity index (χ1n) is 3.33. The number of thiol groups is 1. The van der Waals surface area contributed by atoms with Gasteiger partial charge in [0.25, 0.3) is 0 Å². The van der Waals surface area contributed by atoms with E-state index in [-0.39, 0.29) is 0 Å². The summed E-state index contributed by atoms with van der Waals surface area (Å²) in [5.74, 6) is -1.30. The van der Waals surface area contributed by atoms with E-state index in [1.807, 2.05) is 0 Å². The van der Waals surface area contributed by atoms with E-state index in [0.29, 0.717) is 0 Å². The molecule has 0 aromatic rings. The molecule has 12 heavy (non-hydrogen) atoms. The van der Waals surface area contributed by atoms with Crippen LogP contribution in [-0.2, 0) is 13.6 Å². The minimum atomic E-state index is -2.20. The van der Waals surface area contributed by atoms with Crippen molar-refractivity contribution in [1.29, 1.82) is 0 Å². The average Bonchev–Trinajstić information content (AvgIpc) is 1.48. The fraction of sp³-hybridized carbons (Fsp3) is 1.00. The van der Waals surface area contributed by atoms with Crippen molar-refractivity contribution < 1.29 is 23.8 Å². The molecule has 2 N–H and O–H groups in total. The molecule has 5 nitrogen and oxygen atoms in total. The fourth-order valence-electron chi connectivity index (χ4n) is 0.863. The maximum Gasteiger partial charge on any atom is 0.346 e. The van der Waals surface area contributed by atoms with Crippen molar-refractivity contribution in [3.8, 4) is 0 Å². The van der Waals surface area contributed by atoms with Gasteiger partial charge in [-0.05, 0) is 13.8 Å². The highest BCUT2D eigenvalue weighted by Gasteiger charge is 2.77. The molecular weight excluding hydrogens is 203 g/mol. The molecule has 0 unspecified atom stereocenters. The smallest absolute Gasteiger partial charge is 0.346 e. The molecule has 3 heterocycles. The second-order valence-electron chi connectivity index (χ2n) is 3.31. The summed E-state index contributed by atoms with van der Waals surface area (Å²) < 4.78 is 15.2. The summed E-state index contributed by atoms with van der Waals surface area (Å²) in [4.78, 5) is 0. The second kappa shape index (κ2) is 2.15. The summed E-state index contributed by atoms with van der Waals surface area (Å²) in [6.07, 6.45) is 0. The maximum atomic E-state index is 9.26. The molecule has 0 aromatic carbocycles. The van der Waals surface area contributed by atoms with Crippen molar-refractivity contribution in [3.05, 3.63) is 0 Å². The Morgan fingerprint density at radius 3 is 1.75 bits per heavy atom. The van der Waals surface area contributed by atoms with Gasteiger partial charge in [0.05, 0.1) is 0 Å². The van der Waals surface area contributed by atoms with Gasteiger partial charge in [-0.1, -0.05) is 0 Å². The molecule has 0 aromatic heterocycles. The largest absolute Gasteiger partial charge is 0.357 e. The van der Waals surface area contributed by atoms with E-state index < -0.39 is 25.1 Å². The molecule has 3 saturated heterocycles. The Morgan fingerprint density at radius 2 is 1.67 bits per heavy atom. The van der Waals surface area contributed by atoms with Crippen LogP contribution in [0.3, 0.4) is 0 Å². The molecule has 0 saturated carbocycles. The van der Waals surface area contributed by atoms with E-state index in [2.05, 4.69) is 12.6 Å². The van der Waals surface area contributed by atoms with E-state index in [0.717, 1.165) is 0 Å². The van der Waals surface area contributed by atoms with Crippen molar-refractivity contribution in [2.45, 2.75) is 24.9 Å². The molecule has 0 amide bonds. The van der Waals surface area contributed by atoms with Crippen LogP contribution < -0.4 is 0 Å². The predicted octanol–water partition coefficient (Wildman–Crippen LogP) is 0.538. The summed E-state index contributed by atoms with van der Waals surface area (Å²) in [5, 5.41) is 16.3. The third kappa shape index (κ3) is 0.861. The molecule has 3 rings (SSSR count). The lowest BCUT2D eigenvalue weighted by molar-refractivity contribution is -0.478. The van der Waals surface area contributed by atoms with Gasteiger partial charge in [0.1, 0.15) is 5.41 Å². The first-order valence-corrected chi connectivity index (χ1v) is 4.87. The van der Waals surface area contributed by atoms with E-state index in [1.54, 1.807) is 0 Å². The first-order chi connectivity index (χ1) is 5.29. The normalized spacial score (nSPS) is 40.2. The fourth-order valence-corrected chi connectivity index (χ4v) is 2.31. The van der Waals surface area contributed by atoms with Gasteiger partial charge in [-0.25, -0.2) is 0 Å². The molecule has 0 spiro atoms. The number of rotatable bonds is 2. The molecule has 70 valence electrons. The highest BCUT2D eigenvalue weighted by atomic mass is 32.1. The number of hydrogen-bond donors (Lipinski definition) is 3. The molecule has 0 atom stereocenters. The zero-order chi connectivity index (χ0) is 9.20. The molecule has 0 aliphatic carbocycles. The van der Waals surface area contributed by atoms with Crippen LogP contribution in [0.15, 0.2) is 0 Å². The lowest BCUT2D eigenvalue weighted by atomic mass is 9.89. The topological polar surface area (TPSA) is 68.2 Å². The van der Waals surface area contributed by atoms with Crippen LogP contribution in [0.4, 0.5) is 0 Å². The molecule has 3 aliphatic heterocycles. The molecular formula is C5H9O5PS. The Kier molecular flexibility index (Phi) is 1.64. The molecule has 0 radical (unpaired) electrons. The zero-order valence-electron chi connectivity index (χ0n) is 6.51. The maximum absolute atomic E-state index is 9.26. The Labute approximate surface area is 76.0 Å². The third-order valence-electron chi connectivity index (χ3n) is 2.19. The van der Waals surface area contributed by atoms with Crippen molar-refractivity contribution in [2.75, 3.05) is 0 Å². The lowest BCUT2D eigenvalue weighted by Gasteiger charge is -2.63. The number of aliphatic hydroxyl groups is 2. The van der Waals surface area contributed by atoms with Crippen LogP contribution in [0.2, 0.25) is 0 Å². The highest BCUT2D eigenvalue weighted by Crippen LogP contribution is 2.79. The van der Waals surface area contributed by atoms with Crippen molar-refractivity contribution >= 4 is 21.2 Å². The predicted molar refractivity (Wildman–Crippen MR) is 42.8 cm³/mol. The molecule has 3 aliphatic rings. The Morgan fingerprint density at radius 1 is 1.25 bits per heavy atom. The zero-order valence-corrected chi connectivity index (χ0v) is 8.30. The minimum absolute atomic E-state index is 1.14. The summed E-state index contributed by atoms with van der Waals surface area (Å²) >= 11 is 3.62. The van der Waals surface area contributed by atoms with Gasteiger partial charge in [-0.3, -0.25) is 13.6 Å². The Hall–Kier alpha value is 0.580. The van der Waals surface area contributed by atoms with Gasteiger partial charge in [-0.15, -0.1) is 12.6 Å². The van der Waals surface area contributed by atoms with Crippen LogP contribution in [0.1, 0.15) is 13.8 Å². The monoisotopic (exact) mass is 212 g/mol. The van der Waals surface area contributed by atoms with Gasteiger partial charge < -0.3 is 10.2 Å². The minimum Gasteiger partial charge on any atom is -0.357 e. The molecule has 7 heteroatoms. The molecule has 3 fully saturated rings. The number of hydrogen-bond acceptors (Lipinski definition) is 6.